The van der Waals surface area contributed by atoms with Crippen LogP contribution in [-0.2, 0) is 6.42 Å². The van der Waals surface area contributed by atoms with Gasteiger partial charge in [-0.1, -0.05) is 53.2 Å². The zero-order valence-electron chi connectivity index (χ0n) is 11.1. The normalized spacial score (nSPS) is 26.7. The van der Waals surface area contributed by atoms with Crippen molar-refractivity contribution in [2.75, 3.05) is 0 Å². The number of benzene rings is 1. The van der Waals surface area contributed by atoms with E-state index in [2.05, 4.69) is 52.5 Å². The Morgan fingerprint density at radius 1 is 1.26 bits per heavy atom. The minimum Gasteiger partial charge on any atom is -0.241 e. The maximum atomic E-state index is 4.81. The van der Waals surface area contributed by atoms with E-state index in [1.807, 2.05) is 17.4 Å². The quantitative estimate of drug-likeness (QED) is 0.705. The van der Waals surface area contributed by atoms with Crippen LogP contribution in [0, 0.1) is 11.8 Å². The first-order valence-electron chi connectivity index (χ1n) is 6.88. The number of alkyl halides is 1. The van der Waals surface area contributed by atoms with Crippen molar-refractivity contribution in [1.29, 1.82) is 0 Å². The highest BCUT2D eigenvalue weighted by Gasteiger charge is 2.31. The summed E-state index contributed by atoms with van der Waals surface area (Å²) in [5, 5.41) is 3.48. The van der Waals surface area contributed by atoms with Crippen LogP contribution < -0.4 is 0 Å². The average molecular weight is 336 g/mol. The Balaban J connectivity index is 1.72. The summed E-state index contributed by atoms with van der Waals surface area (Å²) in [5.41, 5.74) is 2.35. The molecule has 1 heterocycles. The zero-order valence-corrected chi connectivity index (χ0v) is 13.5. The summed E-state index contributed by atoms with van der Waals surface area (Å²) in [6.07, 6.45) is 3.78. The van der Waals surface area contributed by atoms with Crippen molar-refractivity contribution in [3.05, 3.63) is 40.7 Å². The van der Waals surface area contributed by atoms with E-state index in [0.29, 0.717) is 4.83 Å². The molecule has 0 bridgehead atoms. The number of aromatic nitrogens is 1. The standard InChI is InChI=1S/C16H18BrNS/c1-11-13(7-8-14(11)17)9-16-18-15(10-19-16)12-5-3-2-4-6-12/h2-6,10-11,13-14H,7-9H2,1H3. The van der Waals surface area contributed by atoms with Gasteiger partial charge in [0, 0.05) is 22.2 Å². The van der Waals surface area contributed by atoms with Crippen LogP contribution in [0.1, 0.15) is 24.8 Å². The third-order valence-electron chi connectivity index (χ3n) is 4.19. The van der Waals surface area contributed by atoms with Gasteiger partial charge in [0.25, 0.3) is 0 Å². The summed E-state index contributed by atoms with van der Waals surface area (Å²) >= 11 is 5.59. The molecule has 3 atom stereocenters. The first-order chi connectivity index (χ1) is 9.24. The first-order valence-corrected chi connectivity index (χ1v) is 8.67. The highest BCUT2D eigenvalue weighted by molar-refractivity contribution is 9.09. The van der Waals surface area contributed by atoms with Crippen LogP contribution in [0.25, 0.3) is 11.3 Å². The highest BCUT2D eigenvalue weighted by Crippen LogP contribution is 2.39. The van der Waals surface area contributed by atoms with E-state index in [0.717, 1.165) is 24.0 Å². The SMILES string of the molecule is CC1C(Br)CCC1Cc1nc(-c2ccccc2)cs1. The Morgan fingerprint density at radius 3 is 2.74 bits per heavy atom. The molecule has 0 radical (unpaired) electrons. The molecule has 100 valence electrons. The zero-order chi connectivity index (χ0) is 13.2. The van der Waals surface area contributed by atoms with Crippen LogP contribution in [0.4, 0.5) is 0 Å². The van der Waals surface area contributed by atoms with Gasteiger partial charge in [-0.15, -0.1) is 11.3 Å². The molecule has 0 amide bonds. The van der Waals surface area contributed by atoms with Crippen LogP contribution >= 0.6 is 27.3 Å². The average Bonchev–Trinajstić information content (AvgIpc) is 3.02. The van der Waals surface area contributed by atoms with Crippen molar-refractivity contribution in [1.82, 2.24) is 4.98 Å². The molecule has 3 heteroatoms. The van der Waals surface area contributed by atoms with Crippen LogP contribution in [0.3, 0.4) is 0 Å². The molecule has 1 saturated carbocycles. The van der Waals surface area contributed by atoms with Gasteiger partial charge >= 0.3 is 0 Å². The Kier molecular flexibility index (Phi) is 4.04. The van der Waals surface area contributed by atoms with Gasteiger partial charge in [0.2, 0.25) is 0 Å². The van der Waals surface area contributed by atoms with Crippen molar-refractivity contribution in [3.63, 3.8) is 0 Å². The third-order valence-corrected chi connectivity index (χ3v) is 6.35. The van der Waals surface area contributed by atoms with Crippen molar-refractivity contribution in [2.24, 2.45) is 11.8 Å². The number of rotatable bonds is 3. The lowest BCUT2D eigenvalue weighted by molar-refractivity contribution is 0.423. The van der Waals surface area contributed by atoms with Crippen molar-refractivity contribution < 1.29 is 0 Å². The van der Waals surface area contributed by atoms with E-state index < -0.39 is 0 Å². The van der Waals surface area contributed by atoms with Crippen molar-refractivity contribution in [2.45, 2.75) is 31.0 Å². The fourth-order valence-electron chi connectivity index (χ4n) is 2.85. The molecule has 0 saturated heterocycles. The molecule has 1 aliphatic rings. The van der Waals surface area contributed by atoms with Crippen molar-refractivity contribution >= 4 is 27.3 Å². The third kappa shape index (κ3) is 2.92. The Labute approximate surface area is 127 Å². The van der Waals surface area contributed by atoms with Crippen LogP contribution in [0.2, 0.25) is 0 Å². The summed E-state index contributed by atoms with van der Waals surface area (Å²) in [6, 6.07) is 10.5. The minimum atomic E-state index is 0.700. The van der Waals surface area contributed by atoms with E-state index >= 15 is 0 Å². The minimum absolute atomic E-state index is 0.700. The second kappa shape index (κ2) is 5.76. The molecular weight excluding hydrogens is 318 g/mol. The lowest BCUT2D eigenvalue weighted by Gasteiger charge is -2.15. The van der Waals surface area contributed by atoms with Gasteiger partial charge in [0.05, 0.1) is 10.7 Å². The van der Waals surface area contributed by atoms with E-state index in [4.69, 9.17) is 4.98 Å². The maximum Gasteiger partial charge on any atom is 0.0935 e. The molecule has 0 aliphatic heterocycles. The molecule has 1 nitrogen and oxygen atoms in total. The summed E-state index contributed by atoms with van der Waals surface area (Å²) in [6.45, 7) is 2.36. The van der Waals surface area contributed by atoms with Gasteiger partial charge in [-0.25, -0.2) is 4.98 Å². The first kappa shape index (κ1) is 13.3. The number of thiazole rings is 1. The van der Waals surface area contributed by atoms with Gasteiger partial charge in [-0.05, 0) is 24.7 Å². The predicted octanol–water partition coefficient (Wildman–Crippen LogP) is 5.16. The number of hydrogen-bond acceptors (Lipinski definition) is 2. The monoisotopic (exact) mass is 335 g/mol. The lowest BCUT2D eigenvalue weighted by atomic mass is 9.95. The molecule has 0 N–H and O–H groups in total. The highest BCUT2D eigenvalue weighted by atomic mass is 79.9. The fourth-order valence-corrected chi connectivity index (χ4v) is 4.45. The molecule has 3 unspecified atom stereocenters. The summed E-state index contributed by atoms with van der Waals surface area (Å²) in [7, 11) is 0. The van der Waals surface area contributed by atoms with Gasteiger partial charge in [-0.2, -0.15) is 0 Å². The summed E-state index contributed by atoms with van der Waals surface area (Å²) in [4.78, 5) is 5.51. The maximum absolute atomic E-state index is 4.81. The van der Waals surface area contributed by atoms with Gasteiger partial charge in [0.1, 0.15) is 0 Å². The Bertz CT molecular complexity index is 537. The fraction of sp³-hybridized carbons (Fsp3) is 0.438. The van der Waals surface area contributed by atoms with Gasteiger partial charge in [0.15, 0.2) is 0 Å². The summed E-state index contributed by atoms with van der Waals surface area (Å²) in [5.74, 6) is 1.56. The molecule has 19 heavy (non-hydrogen) atoms. The predicted molar refractivity (Wildman–Crippen MR) is 85.9 cm³/mol. The molecule has 1 aromatic carbocycles. The Hall–Kier alpha value is -0.670. The Morgan fingerprint density at radius 2 is 2.05 bits per heavy atom. The number of hydrogen-bond donors (Lipinski definition) is 0. The van der Waals surface area contributed by atoms with Gasteiger partial charge in [-0.3, -0.25) is 0 Å². The molecule has 1 fully saturated rings. The van der Waals surface area contributed by atoms with Gasteiger partial charge < -0.3 is 0 Å². The molecule has 1 aliphatic carbocycles. The topological polar surface area (TPSA) is 12.9 Å². The summed E-state index contributed by atoms with van der Waals surface area (Å²) < 4.78 is 0. The van der Waals surface area contributed by atoms with Crippen LogP contribution in [-0.4, -0.2) is 9.81 Å². The van der Waals surface area contributed by atoms with Crippen LogP contribution in [0.15, 0.2) is 35.7 Å². The lowest BCUT2D eigenvalue weighted by Crippen LogP contribution is -2.12. The van der Waals surface area contributed by atoms with E-state index in [9.17, 15) is 0 Å². The van der Waals surface area contributed by atoms with Crippen molar-refractivity contribution in [3.8, 4) is 11.3 Å². The van der Waals surface area contributed by atoms with E-state index in [1.165, 1.54) is 23.4 Å². The van der Waals surface area contributed by atoms with Crippen LogP contribution in [0.5, 0.6) is 0 Å². The molecular formula is C16H18BrNS. The number of nitrogens with zero attached hydrogens (tertiary/aromatic N) is 1. The second-order valence-corrected chi connectivity index (χ2v) is 7.53. The molecule has 1 aromatic heterocycles. The van der Waals surface area contributed by atoms with E-state index in [1.54, 1.807) is 0 Å². The smallest absolute Gasteiger partial charge is 0.0935 e. The molecule has 3 rings (SSSR count). The second-order valence-electron chi connectivity index (χ2n) is 5.41. The molecule has 0 spiro atoms. The molecule has 2 aromatic rings. The van der Waals surface area contributed by atoms with E-state index in [-0.39, 0.29) is 0 Å². The largest absolute Gasteiger partial charge is 0.241 e. The number of halogens is 1.